The molecule has 2 heterocycles. The summed E-state index contributed by atoms with van der Waals surface area (Å²) in [4.78, 5) is 29.8. The highest BCUT2D eigenvalue weighted by Gasteiger charge is 2.32. The number of methoxy groups -OCH3 is 2. The van der Waals surface area contributed by atoms with Crippen LogP contribution in [-0.4, -0.2) is 43.7 Å². The number of hydrogen-bond donors (Lipinski definition) is 3. The number of benzene rings is 2. The van der Waals surface area contributed by atoms with Crippen molar-refractivity contribution in [3.8, 4) is 11.5 Å². The summed E-state index contributed by atoms with van der Waals surface area (Å²) < 4.78 is 10.6. The Bertz CT molecular complexity index is 1120. The van der Waals surface area contributed by atoms with Crippen LogP contribution in [0.15, 0.2) is 42.5 Å². The van der Waals surface area contributed by atoms with Crippen molar-refractivity contribution < 1.29 is 19.1 Å². The van der Waals surface area contributed by atoms with E-state index in [-0.39, 0.29) is 24.4 Å². The molecule has 0 bridgehead atoms. The van der Waals surface area contributed by atoms with Gasteiger partial charge in [-0.25, -0.2) is 4.79 Å². The molecule has 162 valence electrons. The summed E-state index contributed by atoms with van der Waals surface area (Å²) in [7, 11) is 3.12. The number of urea groups is 1. The van der Waals surface area contributed by atoms with Crippen molar-refractivity contribution in [1.82, 2.24) is 15.6 Å². The average Bonchev–Trinajstić information content (AvgIpc) is 3.32. The molecule has 1 aromatic heterocycles. The number of fused-ring (bicyclic) bond motifs is 1. The van der Waals surface area contributed by atoms with Crippen molar-refractivity contribution in [2.45, 2.75) is 25.9 Å². The van der Waals surface area contributed by atoms with Gasteiger partial charge >= 0.3 is 6.03 Å². The average molecular weight is 422 g/mol. The van der Waals surface area contributed by atoms with Crippen LogP contribution in [0.3, 0.4) is 0 Å². The zero-order chi connectivity index (χ0) is 22.0. The van der Waals surface area contributed by atoms with Gasteiger partial charge in [-0.05, 0) is 48.2 Å². The Hall–Kier alpha value is -3.68. The molecule has 3 aromatic rings. The van der Waals surface area contributed by atoms with Gasteiger partial charge in [-0.3, -0.25) is 4.79 Å². The van der Waals surface area contributed by atoms with Crippen LogP contribution in [0, 0.1) is 6.92 Å². The molecule has 2 aromatic carbocycles. The minimum atomic E-state index is -0.294. The molecule has 3 amide bonds. The van der Waals surface area contributed by atoms with E-state index in [9.17, 15) is 9.59 Å². The molecule has 8 nitrogen and oxygen atoms in total. The minimum Gasteiger partial charge on any atom is -0.493 e. The lowest BCUT2D eigenvalue weighted by molar-refractivity contribution is -0.117. The van der Waals surface area contributed by atoms with Gasteiger partial charge in [0.2, 0.25) is 5.91 Å². The molecule has 1 aliphatic rings. The van der Waals surface area contributed by atoms with E-state index in [2.05, 4.69) is 27.8 Å². The van der Waals surface area contributed by atoms with E-state index >= 15 is 0 Å². The first-order valence-corrected chi connectivity index (χ1v) is 10.1. The second kappa shape index (κ2) is 8.59. The summed E-state index contributed by atoms with van der Waals surface area (Å²) in [6.07, 6.45) is 0.246. The van der Waals surface area contributed by atoms with E-state index in [1.54, 1.807) is 37.3 Å². The first-order valence-electron chi connectivity index (χ1n) is 10.1. The van der Waals surface area contributed by atoms with Crippen molar-refractivity contribution in [1.29, 1.82) is 0 Å². The van der Waals surface area contributed by atoms with Crippen LogP contribution in [0.25, 0.3) is 10.9 Å². The Kier molecular flexibility index (Phi) is 5.70. The summed E-state index contributed by atoms with van der Waals surface area (Å²) in [5.41, 5.74) is 3.90. The molecule has 1 unspecified atom stereocenters. The molecule has 0 spiro atoms. The molecule has 0 saturated carbocycles. The molecule has 1 atom stereocenters. The Morgan fingerprint density at radius 2 is 1.94 bits per heavy atom. The molecule has 8 heteroatoms. The van der Waals surface area contributed by atoms with Crippen molar-refractivity contribution in [2.75, 3.05) is 25.7 Å². The lowest BCUT2D eigenvalue weighted by Crippen LogP contribution is -2.43. The Balaban J connectivity index is 1.34. The molecule has 1 saturated heterocycles. The van der Waals surface area contributed by atoms with E-state index in [0.29, 0.717) is 30.3 Å². The number of anilines is 1. The number of carbonyl (C=O) groups excluding carboxylic acids is 2. The molecule has 0 radical (unpaired) electrons. The molecular formula is C23H26N4O4. The Morgan fingerprint density at radius 3 is 2.71 bits per heavy atom. The fourth-order valence-corrected chi connectivity index (χ4v) is 3.90. The first kappa shape index (κ1) is 20.6. The number of aromatic amines is 1. The number of amides is 3. The zero-order valence-electron chi connectivity index (χ0n) is 17.8. The van der Waals surface area contributed by atoms with E-state index in [0.717, 1.165) is 22.2 Å². The van der Waals surface area contributed by atoms with Gasteiger partial charge in [0, 0.05) is 42.5 Å². The standard InChI is InChI=1S/C23H26N4O4/c1-14-8-16-9-15(4-6-19(16)25-14)12-24-23(29)26-17-10-22(28)27(13-17)18-5-7-20(30-2)21(11-18)31-3/h4-9,11,17,25H,10,12-13H2,1-3H3,(H2,24,26,29). The normalized spacial score (nSPS) is 15.9. The second-order valence-corrected chi connectivity index (χ2v) is 7.65. The number of nitrogens with one attached hydrogen (secondary N) is 3. The fraction of sp³-hybridized carbons (Fsp3) is 0.304. The van der Waals surface area contributed by atoms with Gasteiger partial charge in [0.15, 0.2) is 11.5 Å². The Labute approximate surface area is 180 Å². The highest BCUT2D eigenvalue weighted by Crippen LogP contribution is 2.33. The minimum absolute atomic E-state index is 0.0502. The zero-order valence-corrected chi connectivity index (χ0v) is 17.8. The highest BCUT2D eigenvalue weighted by molar-refractivity contribution is 5.97. The number of carbonyl (C=O) groups is 2. The quantitative estimate of drug-likeness (QED) is 0.569. The molecule has 31 heavy (non-hydrogen) atoms. The van der Waals surface area contributed by atoms with Gasteiger partial charge in [0.25, 0.3) is 0 Å². The van der Waals surface area contributed by atoms with Crippen LogP contribution in [0.2, 0.25) is 0 Å². The van der Waals surface area contributed by atoms with Gasteiger partial charge in [-0.15, -0.1) is 0 Å². The van der Waals surface area contributed by atoms with Crippen molar-refractivity contribution in [3.63, 3.8) is 0 Å². The van der Waals surface area contributed by atoms with Crippen molar-refractivity contribution in [3.05, 3.63) is 53.7 Å². The number of rotatable bonds is 6. The third-order valence-electron chi connectivity index (χ3n) is 5.41. The van der Waals surface area contributed by atoms with Crippen LogP contribution in [0.5, 0.6) is 11.5 Å². The van der Waals surface area contributed by atoms with Gasteiger partial charge in [-0.2, -0.15) is 0 Å². The number of hydrogen-bond acceptors (Lipinski definition) is 4. The number of aromatic nitrogens is 1. The molecule has 1 aliphatic heterocycles. The van der Waals surface area contributed by atoms with E-state index in [1.807, 2.05) is 19.1 Å². The monoisotopic (exact) mass is 422 g/mol. The molecule has 1 fully saturated rings. The van der Waals surface area contributed by atoms with Crippen LogP contribution in [0.4, 0.5) is 10.5 Å². The van der Waals surface area contributed by atoms with Crippen LogP contribution < -0.4 is 25.0 Å². The van der Waals surface area contributed by atoms with Gasteiger partial charge in [0.1, 0.15) is 0 Å². The van der Waals surface area contributed by atoms with Crippen LogP contribution in [0.1, 0.15) is 17.7 Å². The first-order chi connectivity index (χ1) is 15.0. The van der Waals surface area contributed by atoms with Gasteiger partial charge < -0.3 is 30.0 Å². The van der Waals surface area contributed by atoms with E-state index in [4.69, 9.17) is 9.47 Å². The maximum atomic E-state index is 12.5. The predicted molar refractivity (Wildman–Crippen MR) is 119 cm³/mol. The maximum absolute atomic E-state index is 12.5. The predicted octanol–water partition coefficient (Wildman–Crippen LogP) is 3.10. The summed E-state index contributed by atoms with van der Waals surface area (Å²) in [5.74, 6) is 1.10. The second-order valence-electron chi connectivity index (χ2n) is 7.65. The van der Waals surface area contributed by atoms with Crippen LogP contribution >= 0.6 is 0 Å². The fourth-order valence-electron chi connectivity index (χ4n) is 3.90. The summed E-state index contributed by atoms with van der Waals surface area (Å²) in [6, 6.07) is 12.9. The highest BCUT2D eigenvalue weighted by atomic mass is 16.5. The third-order valence-corrected chi connectivity index (χ3v) is 5.41. The lowest BCUT2D eigenvalue weighted by atomic mass is 10.1. The topological polar surface area (TPSA) is 95.7 Å². The van der Waals surface area contributed by atoms with Gasteiger partial charge in [-0.1, -0.05) is 6.07 Å². The van der Waals surface area contributed by atoms with Crippen molar-refractivity contribution >= 4 is 28.5 Å². The summed E-state index contributed by atoms with van der Waals surface area (Å²) >= 11 is 0. The largest absolute Gasteiger partial charge is 0.493 e. The number of nitrogens with zero attached hydrogens (tertiary/aromatic N) is 1. The molecule has 0 aliphatic carbocycles. The number of aryl methyl sites for hydroxylation is 1. The van der Waals surface area contributed by atoms with E-state index in [1.165, 1.54) is 0 Å². The number of ether oxygens (including phenoxy) is 2. The summed E-state index contributed by atoms with van der Waals surface area (Å²) in [6.45, 7) is 2.82. The molecule has 3 N–H and O–H groups in total. The Morgan fingerprint density at radius 1 is 1.13 bits per heavy atom. The molecular weight excluding hydrogens is 396 g/mol. The number of H-pyrrole nitrogens is 1. The SMILES string of the molecule is COc1ccc(N2CC(NC(=O)NCc3ccc4[nH]c(C)cc4c3)CC2=O)cc1OC. The summed E-state index contributed by atoms with van der Waals surface area (Å²) in [5, 5.41) is 6.89. The third kappa shape index (κ3) is 4.42. The van der Waals surface area contributed by atoms with Crippen LogP contribution in [-0.2, 0) is 11.3 Å². The maximum Gasteiger partial charge on any atom is 0.315 e. The molecule has 4 rings (SSSR count). The van der Waals surface area contributed by atoms with E-state index < -0.39 is 0 Å². The smallest absolute Gasteiger partial charge is 0.315 e. The van der Waals surface area contributed by atoms with Crippen molar-refractivity contribution in [2.24, 2.45) is 0 Å². The van der Waals surface area contributed by atoms with Gasteiger partial charge in [0.05, 0.1) is 20.3 Å². The lowest BCUT2D eigenvalue weighted by Gasteiger charge is -2.19.